The van der Waals surface area contributed by atoms with E-state index in [4.69, 9.17) is 11.6 Å². The molecule has 1 aliphatic carbocycles. The number of hydrogen-bond acceptors (Lipinski definition) is 5. The number of benzene rings is 1. The highest BCUT2D eigenvalue weighted by Crippen LogP contribution is 2.44. The van der Waals surface area contributed by atoms with Gasteiger partial charge in [-0.2, -0.15) is 0 Å². The molecule has 1 unspecified atom stereocenters. The van der Waals surface area contributed by atoms with Gasteiger partial charge in [0.2, 0.25) is 0 Å². The van der Waals surface area contributed by atoms with Crippen molar-refractivity contribution in [2.45, 2.75) is 43.0 Å². The van der Waals surface area contributed by atoms with Crippen LogP contribution in [0.5, 0.6) is 0 Å². The Morgan fingerprint density at radius 1 is 1.24 bits per heavy atom. The summed E-state index contributed by atoms with van der Waals surface area (Å²) in [4.78, 5) is 11.5. The largest absolute Gasteiger partial charge is 0.343 e. The number of hydrogen-bond donors (Lipinski definition) is 2. The van der Waals surface area contributed by atoms with Crippen molar-refractivity contribution in [1.29, 1.82) is 0 Å². The standard InChI is InChI=1S/C24H30ClN5O2S/c1-23(2,3)17-6-8-19(9-7-17)33(31,32)29-20-14-18(25)15-28-22(20)24(10-5-11-24)30-13-12-27-16-21(30)26-4/h5-10,14-15,27,29H,11-13,16H2,1-4H3. The minimum absolute atomic E-state index is 0.0649. The number of pyridine rings is 1. The molecular weight excluding hydrogens is 458 g/mol. The molecule has 2 aromatic rings. The lowest BCUT2D eigenvalue weighted by Crippen LogP contribution is -2.59. The molecule has 4 rings (SSSR count). The van der Waals surface area contributed by atoms with Gasteiger partial charge in [0.25, 0.3) is 10.0 Å². The number of aromatic nitrogens is 1. The van der Waals surface area contributed by atoms with Gasteiger partial charge in [0.05, 0.1) is 27.8 Å². The molecule has 9 heteroatoms. The fourth-order valence-corrected chi connectivity index (χ4v) is 5.50. The second kappa shape index (κ2) is 8.74. The quantitative estimate of drug-likeness (QED) is 0.624. The van der Waals surface area contributed by atoms with Gasteiger partial charge in [-0.1, -0.05) is 56.7 Å². The normalized spacial score (nSPS) is 22.3. The van der Waals surface area contributed by atoms with Crippen LogP contribution in [0.3, 0.4) is 0 Å². The van der Waals surface area contributed by atoms with Gasteiger partial charge in [0, 0.05) is 26.3 Å². The summed E-state index contributed by atoms with van der Waals surface area (Å²) < 4.78 is 29.4. The number of halogens is 1. The predicted octanol–water partition coefficient (Wildman–Crippen LogP) is 3.92. The lowest BCUT2D eigenvalue weighted by molar-refractivity contribution is 0.191. The van der Waals surface area contributed by atoms with Crippen LogP contribution < -0.4 is 10.0 Å². The van der Waals surface area contributed by atoms with Gasteiger partial charge in [0.15, 0.2) is 0 Å². The molecule has 1 atom stereocenters. The first-order chi connectivity index (χ1) is 15.6. The van der Waals surface area contributed by atoms with E-state index in [1.165, 1.54) is 0 Å². The van der Waals surface area contributed by atoms with Crippen LogP contribution in [0.4, 0.5) is 5.69 Å². The maximum Gasteiger partial charge on any atom is 0.261 e. The Bertz CT molecular complexity index is 1200. The topological polar surface area (TPSA) is 86.7 Å². The Morgan fingerprint density at radius 2 is 1.94 bits per heavy atom. The van der Waals surface area contributed by atoms with Gasteiger partial charge in [0.1, 0.15) is 11.4 Å². The van der Waals surface area contributed by atoms with Gasteiger partial charge in [-0.05, 0) is 35.6 Å². The summed E-state index contributed by atoms with van der Waals surface area (Å²) in [6.07, 6.45) is 6.39. The third kappa shape index (κ3) is 4.52. The summed E-state index contributed by atoms with van der Waals surface area (Å²) >= 11 is 6.25. The molecule has 1 aromatic heterocycles. The summed E-state index contributed by atoms with van der Waals surface area (Å²) in [5, 5.41) is 3.70. The number of anilines is 1. The van der Waals surface area contributed by atoms with E-state index < -0.39 is 15.6 Å². The van der Waals surface area contributed by atoms with Crippen LogP contribution in [0.25, 0.3) is 0 Å². The second-order valence-corrected chi connectivity index (χ2v) is 11.5. The van der Waals surface area contributed by atoms with E-state index in [1.807, 2.05) is 12.1 Å². The van der Waals surface area contributed by atoms with Gasteiger partial charge >= 0.3 is 0 Å². The SMILES string of the molecule is CN=C1CNCCN1C1(c2ncc(Cl)cc2NS(=O)(=O)c2ccc(C(C)(C)C)cc2)C=CC1. The molecule has 1 aliphatic heterocycles. The maximum atomic E-state index is 13.3. The molecule has 0 bridgehead atoms. The Balaban J connectivity index is 1.73. The molecular formula is C24H30ClN5O2S. The molecule has 0 radical (unpaired) electrons. The minimum atomic E-state index is -3.84. The third-order valence-corrected chi connectivity index (χ3v) is 7.80. The average molecular weight is 488 g/mol. The van der Waals surface area contributed by atoms with Crippen molar-refractivity contribution in [3.8, 4) is 0 Å². The number of piperazine rings is 1. The number of aliphatic imine (C=N–C) groups is 1. The molecule has 7 nitrogen and oxygen atoms in total. The Kier molecular flexibility index (Phi) is 6.28. The number of amidine groups is 1. The van der Waals surface area contributed by atoms with Crippen molar-refractivity contribution in [3.63, 3.8) is 0 Å². The molecule has 1 saturated heterocycles. The molecule has 0 saturated carbocycles. The molecule has 2 aliphatic rings. The van der Waals surface area contributed by atoms with Crippen molar-refractivity contribution < 1.29 is 8.42 Å². The molecule has 33 heavy (non-hydrogen) atoms. The van der Waals surface area contributed by atoms with Gasteiger partial charge in [-0.3, -0.25) is 14.7 Å². The van der Waals surface area contributed by atoms with Crippen molar-refractivity contribution >= 4 is 33.1 Å². The van der Waals surface area contributed by atoms with E-state index in [2.05, 4.69) is 57.8 Å². The maximum absolute atomic E-state index is 13.3. The first-order valence-corrected chi connectivity index (χ1v) is 12.8. The zero-order chi connectivity index (χ0) is 23.9. The summed E-state index contributed by atoms with van der Waals surface area (Å²) in [5.74, 6) is 0.911. The molecule has 1 aromatic carbocycles. The predicted molar refractivity (Wildman–Crippen MR) is 134 cm³/mol. The van der Waals surface area contributed by atoms with E-state index in [0.29, 0.717) is 29.4 Å². The zero-order valence-corrected chi connectivity index (χ0v) is 21.0. The van der Waals surface area contributed by atoms with Crippen LogP contribution in [0.1, 0.15) is 38.4 Å². The fourth-order valence-electron chi connectivity index (χ4n) is 4.29. The first-order valence-electron chi connectivity index (χ1n) is 11.0. The highest BCUT2D eigenvalue weighted by atomic mass is 35.5. The Hall–Kier alpha value is -2.42. The number of rotatable bonds is 5. The van der Waals surface area contributed by atoms with Crippen molar-refractivity contribution in [3.05, 3.63) is 65.0 Å². The minimum Gasteiger partial charge on any atom is -0.343 e. The fraction of sp³-hybridized carbons (Fsp3) is 0.417. The highest BCUT2D eigenvalue weighted by molar-refractivity contribution is 7.92. The van der Waals surface area contributed by atoms with Crippen LogP contribution in [0, 0.1) is 0 Å². The van der Waals surface area contributed by atoms with Crippen LogP contribution in [0.2, 0.25) is 5.02 Å². The molecule has 0 spiro atoms. The monoisotopic (exact) mass is 487 g/mol. The van der Waals surface area contributed by atoms with Gasteiger partial charge in [-0.25, -0.2) is 8.42 Å². The van der Waals surface area contributed by atoms with Crippen molar-refractivity contribution in [1.82, 2.24) is 15.2 Å². The van der Waals surface area contributed by atoms with E-state index >= 15 is 0 Å². The summed E-state index contributed by atoms with van der Waals surface area (Å²) in [5.41, 5.74) is 1.42. The Morgan fingerprint density at radius 3 is 2.52 bits per heavy atom. The first kappa shape index (κ1) is 23.7. The molecule has 2 N–H and O–H groups in total. The average Bonchev–Trinajstić information content (AvgIpc) is 2.74. The molecule has 2 heterocycles. The van der Waals surface area contributed by atoms with E-state index in [9.17, 15) is 8.42 Å². The molecule has 0 amide bonds. The van der Waals surface area contributed by atoms with Gasteiger partial charge in [-0.15, -0.1) is 0 Å². The van der Waals surface area contributed by atoms with Crippen molar-refractivity contribution in [2.75, 3.05) is 31.4 Å². The lowest BCUT2D eigenvalue weighted by Gasteiger charge is -2.49. The van der Waals surface area contributed by atoms with Crippen molar-refractivity contribution in [2.24, 2.45) is 4.99 Å². The van der Waals surface area contributed by atoms with E-state index in [1.54, 1.807) is 31.4 Å². The van der Waals surface area contributed by atoms with Crippen LogP contribution in [0.15, 0.2) is 58.6 Å². The molecule has 176 valence electrons. The summed E-state index contributed by atoms with van der Waals surface area (Å²) in [6.45, 7) is 8.47. The van der Waals surface area contributed by atoms with Crippen LogP contribution >= 0.6 is 11.6 Å². The van der Waals surface area contributed by atoms with E-state index in [-0.39, 0.29) is 10.3 Å². The number of nitrogens with one attached hydrogen (secondary N) is 2. The summed E-state index contributed by atoms with van der Waals surface area (Å²) in [7, 11) is -2.07. The number of nitrogens with zero attached hydrogens (tertiary/aromatic N) is 3. The highest BCUT2D eigenvalue weighted by Gasteiger charge is 2.45. The van der Waals surface area contributed by atoms with Crippen LogP contribution in [-0.4, -0.2) is 50.8 Å². The summed E-state index contributed by atoms with van der Waals surface area (Å²) in [6, 6.07) is 8.61. The zero-order valence-electron chi connectivity index (χ0n) is 19.4. The second-order valence-electron chi connectivity index (χ2n) is 9.43. The smallest absolute Gasteiger partial charge is 0.261 e. The third-order valence-electron chi connectivity index (χ3n) is 6.21. The van der Waals surface area contributed by atoms with E-state index in [0.717, 1.165) is 24.5 Å². The lowest BCUT2D eigenvalue weighted by atomic mass is 9.79. The number of sulfonamides is 1. The molecule has 1 fully saturated rings. The Labute approximate surface area is 201 Å². The van der Waals surface area contributed by atoms with Crippen LogP contribution in [-0.2, 0) is 21.0 Å². The van der Waals surface area contributed by atoms with Gasteiger partial charge < -0.3 is 10.2 Å².